The van der Waals surface area contributed by atoms with Gasteiger partial charge in [0, 0.05) is 33.4 Å². The van der Waals surface area contributed by atoms with E-state index in [1.54, 1.807) is 14.2 Å². The van der Waals surface area contributed by atoms with Gasteiger partial charge in [0.15, 0.2) is 23.3 Å². The molecule has 0 saturated carbocycles. The first kappa shape index (κ1) is 23.5. The second kappa shape index (κ2) is 12.7. The van der Waals surface area contributed by atoms with Crippen LogP contribution in [-0.4, -0.2) is 61.2 Å². The van der Waals surface area contributed by atoms with Gasteiger partial charge in [-0.3, -0.25) is 0 Å². The molecule has 30 heavy (non-hydrogen) atoms. The standard InChI is InChI=1S/C21H34N6O3/c1-6-30-13-7-11-22-21(24-15-20-26-25-16(2)27(20)3)23-12-10-17-8-9-18(28-4)19(14-17)29-5/h8-9,14H,6-7,10-13,15H2,1-5H3,(H2,22,23,24). The van der Waals surface area contributed by atoms with E-state index in [-0.39, 0.29) is 0 Å². The number of nitrogens with one attached hydrogen (secondary N) is 2. The summed E-state index contributed by atoms with van der Waals surface area (Å²) >= 11 is 0. The van der Waals surface area contributed by atoms with Gasteiger partial charge in [0.1, 0.15) is 12.4 Å². The van der Waals surface area contributed by atoms with E-state index < -0.39 is 0 Å². The zero-order valence-electron chi connectivity index (χ0n) is 18.7. The Morgan fingerprint density at radius 1 is 1.10 bits per heavy atom. The highest BCUT2D eigenvalue weighted by Crippen LogP contribution is 2.27. The van der Waals surface area contributed by atoms with Crippen LogP contribution in [0.4, 0.5) is 0 Å². The van der Waals surface area contributed by atoms with E-state index in [1.807, 2.05) is 43.7 Å². The second-order valence-corrected chi connectivity index (χ2v) is 6.73. The van der Waals surface area contributed by atoms with Gasteiger partial charge < -0.3 is 29.4 Å². The van der Waals surface area contributed by atoms with Crippen LogP contribution in [0.25, 0.3) is 0 Å². The Kier molecular flexibility index (Phi) is 9.93. The molecule has 0 aliphatic rings. The third-order valence-electron chi connectivity index (χ3n) is 4.68. The summed E-state index contributed by atoms with van der Waals surface area (Å²) in [5.41, 5.74) is 1.15. The van der Waals surface area contributed by atoms with Gasteiger partial charge in [-0.1, -0.05) is 6.07 Å². The van der Waals surface area contributed by atoms with Crippen molar-refractivity contribution in [3.05, 3.63) is 35.4 Å². The maximum atomic E-state index is 5.40. The molecule has 0 radical (unpaired) electrons. The highest BCUT2D eigenvalue weighted by Gasteiger charge is 2.07. The molecule has 1 aromatic heterocycles. The normalized spacial score (nSPS) is 11.4. The summed E-state index contributed by atoms with van der Waals surface area (Å²) in [4.78, 5) is 4.66. The number of nitrogens with zero attached hydrogens (tertiary/aromatic N) is 4. The summed E-state index contributed by atoms with van der Waals surface area (Å²) in [5.74, 6) is 3.89. The van der Waals surface area contributed by atoms with Crippen LogP contribution in [0.2, 0.25) is 0 Å². The zero-order valence-corrected chi connectivity index (χ0v) is 18.7. The van der Waals surface area contributed by atoms with Crippen molar-refractivity contribution >= 4 is 5.96 Å². The minimum atomic E-state index is 0.453. The molecule has 0 amide bonds. The van der Waals surface area contributed by atoms with Gasteiger partial charge in [0.2, 0.25) is 0 Å². The Bertz CT molecular complexity index is 806. The van der Waals surface area contributed by atoms with Gasteiger partial charge in [-0.2, -0.15) is 0 Å². The first-order valence-corrected chi connectivity index (χ1v) is 10.2. The fourth-order valence-corrected chi connectivity index (χ4v) is 2.80. The van der Waals surface area contributed by atoms with E-state index >= 15 is 0 Å². The van der Waals surface area contributed by atoms with Gasteiger partial charge in [-0.25, -0.2) is 4.99 Å². The molecule has 9 heteroatoms. The van der Waals surface area contributed by atoms with Crippen LogP contribution in [0.5, 0.6) is 11.5 Å². The average Bonchev–Trinajstić information content (AvgIpc) is 3.08. The summed E-state index contributed by atoms with van der Waals surface area (Å²) in [6, 6.07) is 5.96. The van der Waals surface area contributed by atoms with Gasteiger partial charge in [0.25, 0.3) is 0 Å². The quantitative estimate of drug-likeness (QED) is 0.309. The van der Waals surface area contributed by atoms with E-state index in [2.05, 4.69) is 25.8 Å². The SMILES string of the molecule is CCOCCCNC(=NCc1nnc(C)n1C)NCCc1ccc(OC)c(OC)c1. The van der Waals surface area contributed by atoms with Crippen molar-refractivity contribution < 1.29 is 14.2 Å². The van der Waals surface area contributed by atoms with E-state index in [1.165, 1.54) is 0 Å². The Morgan fingerprint density at radius 2 is 1.87 bits per heavy atom. The van der Waals surface area contributed by atoms with Gasteiger partial charge in [0.05, 0.1) is 14.2 Å². The molecule has 9 nitrogen and oxygen atoms in total. The molecule has 2 rings (SSSR count). The van der Waals surface area contributed by atoms with Crippen LogP contribution < -0.4 is 20.1 Å². The van der Waals surface area contributed by atoms with Gasteiger partial charge in [-0.05, 0) is 44.4 Å². The van der Waals surface area contributed by atoms with Crippen LogP contribution in [0.3, 0.4) is 0 Å². The summed E-state index contributed by atoms with van der Waals surface area (Å²) in [5, 5.41) is 15.0. The van der Waals surface area contributed by atoms with Crippen molar-refractivity contribution in [1.82, 2.24) is 25.4 Å². The largest absolute Gasteiger partial charge is 0.493 e. The maximum Gasteiger partial charge on any atom is 0.191 e. The van der Waals surface area contributed by atoms with Crippen molar-refractivity contribution in [3.63, 3.8) is 0 Å². The summed E-state index contributed by atoms with van der Waals surface area (Å²) in [7, 11) is 5.22. The molecule has 0 bridgehead atoms. The van der Waals surface area contributed by atoms with Gasteiger partial charge in [-0.15, -0.1) is 10.2 Å². The average molecular weight is 419 g/mol. The number of rotatable bonds is 12. The van der Waals surface area contributed by atoms with Crippen molar-refractivity contribution in [3.8, 4) is 11.5 Å². The van der Waals surface area contributed by atoms with Crippen LogP contribution >= 0.6 is 0 Å². The predicted molar refractivity (Wildman–Crippen MR) is 117 cm³/mol. The molecule has 2 aromatic rings. The lowest BCUT2D eigenvalue weighted by Gasteiger charge is -2.14. The molecule has 0 aliphatic heterocycles. The van der Waals surface area contributed by atoms with Gasteiger partial charge >= 0.3 is 0 Å². The first-order chi connectivity index (χ1) is 14.6. The topological polar surface area (TPSA) is 94.8 Å². The molecule has 2 N–H and O–H groups in total. The minimum Gasteiger partial charge on any atom is -0.493 e. The number of aryl methyl sites for hydroxylation is 1. The predicted octanol–water partition coefficient (Wildman–Crippen LogP) is 1.85. The Hall–Kier alpha value is -2.81. The summed E-state index contributed by atoms with van der Waals surface area (Å²) < 4.78 is 18.0. The number of guanidine groups is 1. The Labute approximate surface area is 178 Å². The summed E-state index contributed by atoms with van der Waals surface area (Å²) in [6.07, 6.45) is 1.73. The van der Waals surface area contributed by atoms with Crippen molar-refractivity contribution in [2.24, 2.45) is 12.0 Å². The highest BCUT2D eigenvalue weighted by molar-refractivity contribution is 5.79. The van der Waals surface area contributed by atoms with E-state index in [4.69, 9.17) is 14.2 Å². The monoisotopic (exact) mass is 418 g/mol. The molecular weight excluding hydrogens is 384 g/mol. The molecule has 1 aromatic carbocycles. The Balaban J connectivity index is 1.94. The number of ether oxygens (including phenoxy) is 3. The fourth-order valence-electron chi connectivity index (χ4n) is 2.80. The van der Waals surface area contributed by atoms with Crippen molar-refractivity contribution in [2.75, 3.05) is 40.5 Å². The number of aliphatic imine (C=N–C) groups is 1. The van der Waals surface area contributed by atoms with Crippen molar-refractivity contribution in [2.45, 2.75) is 33.2 Å². The van der Waals surface area contributed by atoms with Crippen LogP contribution in [0.15, 0.2) is 23.2 Å². The van der Waals surface area contributed by atoms with E-state index in [0.717, 1.165) is 73.8 Å². The number of methoxy groups -OCH3 is 2. The van der Waals surface area contributed by atoms with Crippen LogP contribution in [0.1, 0.15) is 30.6 Å². The highest BCUT2D eigenvalue weighted by atomic mass is 16.5. The number of aromatic nitrogens is 3. The Morgan fingerprint density at radius 3 is 2.53 bits per heavy atom. The third kappa shape index (κ3) is 7.22. The molecule has 0 unspecified atom stereocenters. The lowest BCUT2D eigenvalue weighted by atomic mass is 10.1. The molecule has 1 heterocycles. The molecule has 0 spiro atoms. The molecule has 0 fully saturated rings. The smallest absolute Gasteiger partial charge is 0.191 e. The molecule has 0 atom stereocenters. The molecule has 166 valence electrons. The lowest BCUT2D eigenvalue weighted by molar-refractivity contribution is 0.145. The number of hydrogen-bond acceptors (Lipinski definition) is 6. The first-order valence-electron chi connectivity index (χ1n) is 10.2. The van der Waals surface area contributed by atoms with E-state index in [0.29, 0.717) is 6.54 Å². The fraction of sp³-hybridized carbons (Fsp3) is 0.571. The van der Waals surface area contributed by atoms with Crippen LogP contribution in [-0.2, 0) is 24.8 Å². The third-order valence-corrected chi connectivity index (χ3v) is 4.68. The molecular formula is C21H34N6O3. The lowest BCUT2D eigenvalue weighted by Crippen LogP contribution is -2.39. The van der Waals surface area contributed by atoms with Crippen molar-refractivity contribution in [1.29, 1.82) is 0 Å². The second-order valence-electron chi connectivity index (χ2n) is 6.73. The molecule has 0 saturated heterocycles. The number of hydrogen-bond donors (Lipinski definition) is 2. The summed E-state index contributed by atoms with van der Waals surface area (Å²) in [6.45, 7) is 7.34. The van der Waals surface area contributed by atoms with Crippen LogP contribution in [0, 0.1) is 6.92 Å². The molecule has 0 aliphatic carbocycles. The van der Waals surface area contributed by atoms with E-state index in [9.17, 15) is 0 Å². The number of benzene rings is 1. The maximum absolute atomic E-state index is 5.40. The minimum absolute atomic E-state index is 0.453. The zero-order chi connectivity index (χ0) is 21.8.